The van der Waals surface area contributed by atoms with Crippen LogP contribution in [0.5, 0.6) is 0 Å². The Morgan fingerprint density at radius 2 is 2.00 bits per heavy atom. The molecule has 0 unspecified atom stereocenters. The van der Waals surface area contributed by atoms with Crippen molar-refractivity contribution in [3.63, 3.8) is 0 Å². The molecule has 0 aliphatic carbocycles. The topological polar surface area (TPSA) is 49.8 Å². The summed E-state index contributed by atoms with van der Waals surface area (Å²) in [5.41, 5.74) is 8.13. The van der Waals surface area contributed by atoms with Crippen LogP contribution in [0.3, 0.4) is 0 Å². The second-order valence-electron chi connectivity index (χ2n) is 4.97. The lowest BCUT2D eigenvalue weighted by molar-refractivity contribution is 0.146. The van der Waals surface area contributed by atoms with Gasteiger partial charge in [-0.3, -0.25) is 9.30 Å². The van der Waals surface area contributed by atoms with E-state index < -0.39 is 0 Å². The Morgan fingerprint density at radius 1 is 1.22 bits per heavy atom. The molecular weight excluding hydrogens is 226 g/mol. The summed E-state index contributed by atoms with van der Waals surface area (Å²) in [5, 5.41) is 0. The first-order chi connectivity index (χ1) is 8.74. The molecule has 96 valence electrons. The Labute approximate surface area is 107 Å². The average molecular weight is 245 g/mol. The SMILES string of the molecule is CN1CCN(Cc2cnc3cccc(N)n23)CC1. The van der Waals surface area contributed by atoms with Gasteiger partial charge in [0.25, 0.3) is 0 Å². The maximum atomic E-state index is 6.02. The number of fused-ring (bicyclic) bond motifs is 1. The molecule has 0 saturated carbocycles. The van der Waals surface area contributed by atoms with Crippen LogP contribution in [0.2, 0.25) is 0 Å². The molecule has 2 N–H and O–H groups in total. The number of pyridine rings is 1. The third kappa shape index (κ3) is 2.07. The van der Waals surface area contributed by atoms with Crippen molar-refractivity contribution in [2.24, 2.45) is 0 Å². The fraction of sp³-hybridized carbons (Fsp3) is 0.462. The molecule has 0 radical (unpaired) electrons. The number of nitrogen functional groups attached to an aromatic ring is 1. The molecule has 5 nitrogen and oxygen atoms in total. The number of rotatable bonds is 2. The molecule has 2 aromatic rings. The van der Waals surface area contributed by atoms with Gasteiger partial charge in [-0.1, -0.05) is 6.07 Å². The van der Waals surface area contributed by atoms with E-state index in [1.807, 2.05) is 28.8 Å². The van der Waals surface area contributed by atoms with E-state index in [-0.39, 0.29) is 0 Å². The summed E-state index contributed by atoms with van der Waals surface area (Å²) in [6.07, 6.45) is 1.93. The van der Waals surface area contributed by atoms with Gasteiger partial charge in [0.05, 0.1) is 11.9 Å². The van der Waals surface area contributed by atoms with Crippen LogP contribution in [0.4, 0.5) is 5.82 Å². The molecule has 3 rings (SSSR count). The summed E-state index contributed by atoms with van der Waals surface area (Å²) in [7, 11) is 2.17. The van der Waals surface area contributed by atoms with Gasteiger partial charge >= 0.3 is 0 Å². The third-order valence-corrected chi connectivity index (χ3v) is 3.61. The molecule has 1 aliphatic rings. The minimum Gasteiger partial charge on any atom is -0.385 e. The summed E-state index contributed by atoms with van der Waals surface area (Å²) in [4.78, 5) is 9.22. The molecule has 0 spiro atoms. The van der Waals surface area contributed by atoms with Crippen molar-refractivity contribution in [1.29, 1.82) is 0 Å². The highest BCUT2D eigenvalue weighted by molar-refractivity contribution is 5.49. The third-order valence-electron chi connectivity index (χ3n) is 3.61. The van der Waals surface area contributed by atoms with E-state index in [2.05, 4.69) is 21.8 Å². The Balaban J connectivity index is 1.82. The first-order valence-electron chi connectivity index (χ1n) is 6.36. The lowest BCUT2D eigenvalue weighted by atomic mass is 10.3. The zero-order valence-corrected chi connectivity index (χ0v) is 10.7. The predicted molar refractivity (Wildman–Crippen MR) is 72.4 cm³/mol. The number of aromatic nitrogens is 2. The van der Waals surface area contributed by atoms with Gasteiger partial charge in [-0.15, -0.1) is 0 Å². The molecule has 1 aliphatic heterocycles. The van der Waals surface area contributed by atoms with Crippen LogP contribution < -0.4 is 5.73 Å². The summed E-state index contributed by atoms with van der Waals surface area (Å²) in [6, 6.07) is 5.85. The number of piperazine rings is 1. The second-order valence-corrected chi connectivity index (χ2v) is 4.97. The lowest BCUT2D eigenvalue weighted by Gasteiger charge is -2.32. The first kappa shape index (κ1) is 11.5. The van der Waals surface area contributed by atoms with Crippen molar-refractivity contribution in [2.75, 3.05) is 39.0 Å². The second kappa shape index (κ2) is 4.59. The number of nitrogens with two attached hydrogens (primary N) is 1. The number of hydrogen-bond acceptors (Lipinski definition) is 4. The highest BCUT2D eigenvalue weighted by Gasteiger charge is 2.16. The van der Waals surface area contributed by atoms with Gasteiger partial charge in [-0.25, -0.2) is 4.98 Å². The highest BCUT2D eigenvalue weighted by atomic mass is 15.3. The van der Waals surface area contributed by atoms with E-state index in [9.17, 15) is 0 Å². The van der Waals surface area contributed by atoms with Crippen LogP contribution in [0.25, 0.3) is 5.65 Å². The monoisotopic (exact) mass is 245 g/mol. The molecule has 18 heavy (non-hydrogen) atoms. The van der Waals surface area contributed by atoms with Crippen molar-refractivity contribution in [3.8, 4) is 0 Å². The number of hydrogen-bond donors (Lipinski definition) is 1. The minimum absolute atomic E-state index is 0.758. The number of nitrogens with zero attached hydrogens (tertiary/aromatic N) is 4. The fourth-order valence-corrected chi connectivity index (χ4v) is 2.47. The molecule has 5 heteroatoms. The summed E-state index contributed by atoms with van der Waals surface area (Å²) in [5.74, 6) is 0.758. The van der Waals surface area contributed by atoms with Gasteiger partial charge in [0.1, 0.15) is 11.5 Å². The van der Waals surface area contributed by atoms with Crippen molar-refractivity contribution in [2.45, 2.75) is 6.54 Å². The van der Waals surface area contributed by atoms with Crippen LogP contribution in [0, 0.1) is 0 Å². The molecule has 1 fully saturated rings. The van der Waals surface area contributed by atoms with Crippen LogP contribution in [0.15, 0.2) is 24.4 Å². The fourth-order valence-electron chi connectivity index (χ4n) is 2.47. The van der Waals surface area contributed by atoms with E-state index in [1.165, 1.54) is 5.69 Å². The van der Waals surface area contributed by atoms with E-state index in [0.717, 1.165) is 44.2 Å². The smallest absolute Gasteiger partial charge is 0.138 e. The Bertz CT molecular complexity index is 539. The largest absolute Gasteiger partial charge is 0.385 e. The van der Waals surface area contributed by atoms with Crippen molar-refractivity contribution < 1.29 is 0 Å². The molecule has 0 bridgehead atoms. The maximum absolute atomic E-state index is 6.02. The Kier molecular flexibility index (Phi) is 2.93. The number of likely N-dealkylation sites (N-methyl/N-ethyl adjacent to an activating group) is 1. The quantitative estimate of drug-likeness (QED) is 0.844. The zero-order chi connectivity index (χ0) is 12.5. The zero-order valence-electron chi connectivity index (χ0n) is 10.7. The minimum atomic E-state index is 0.758. The van der Waals surface area contributed by atoms with Gasteiger partial charge in [0.15, 0.2) is 0 Å². The summed E-state index contributed by atoms with van der Waals surface area (Å²) >= 11 is 0. The summed E-state index contributed by atoms with van der Waals surface area (Å²) < 4.78 is 2.04. The lowest BCUT2D eigenvalue weighted by Crippen LogP contribution is -2.44. The Hall–Kier alpha value is -1.59. The standard InChI is InChI=1S/C13H19N5/c1-16-5-7-17(8-6-16)10-11-9-15-13-4-2-3-12(14)18(11)13/h2-4,9H,5-8,10,14H2,1H3. The van der Waals surface area contributed by atoms with E-state index in [0.29, 0.717) is 0 Å². The van der Waals surface area contributed by atoms with E-state index in [4.69, 9.17) is 5.73 Å². The average Bonchev–Trinajstić information content (AvgIpc) is 2.77. The number of imidazole rings is 1. The van der Waals surface area contributed by atoms with E-state index in [1.54, 1.807) is 0 Å². The van der Waals surface area contributed by atoms with Crippen molar-refractivity contribution >= 4 is 11.5 Å². The first-order valence-corrected chi connectivity index (χ1v) is 6.36. The van der Waals surface area contributed by atoms with Gasteiger partial charge < -0.3 is 10.6 Å². The van der Waals surface area contributed by atoms with Gasteiger partial charge in [0.2, 0.25) is 0 Å². The highest BCUT2D eigenvalue weighted by Crippen LogP contribution is 2.14. The summed E-state index contributed by atoms with van der Waals surface area (Å²) in [6.45, 7) is 5.40. The van der Waals surface area contributed by atoms with Gasteiger partial charge in [0, 0.05) is 32.7 Å². The molecular formula is C13H19N5. The van der Waals surface area contributed by atoms with Gasteiger partial charge in [-0.05, 0) is 19.2 Å². The Morgan fingerprint density at radius 3 is 2.78 bits per heavy atom. The van der Waals surface area contributed by atoms with Crippen molar-refractivity contribution in [1.82, 2.24) is 19.2 Å². The van der Waals surface area contributed by atoms with Crippen LogP contribution in [0.1, 0.15) is 5.69 Å². The molecule has 0 atom stereocenters. The predicted octanol–water partition coefficient (Wildman–Crippen LogP) is 0.664. The van der Waals surface area contributed by atoms with Crippen LogP contribution in [-0.4, -0.2) is 52.4 Å². The molecule has 1 saturated heterocycles. The molecule has 0 aromatic carbocycles. The molecule has 2 aromatic heterocycles. The van der Waals surface area contributed by atoms with Gasteiger partial charge in [-0.2, -0.15) is 0 Å². The normalized spacial score (nSPS) is 18.5. The van der Waals surface area contributed by atoms with Crippen molar-refractivity contribution in [3.05, 3.63) is 30.1 Å². The number of anilines is 1. The van der Waals surface area contributed by atoms with Crippen LogP contribution in [-0.2, 0) is 6.54 Å². The molecule has 0 amide bonds. The molecule has 3 heterocycles. The van der Waals surface area contributed by atoms with Crippen LogP contribution >= 0.6 is 0 Å². The van der Waals surface area contributed by atoms with E-state index >= 15 is 0 Å². The maximum Gasteiger partial charge on any atom is 0.138 e.